The fourth-order valence-electron chi connectivity index (χ4n) is 1.30. The molecule has 1 heterocycles. The summed E-state index contributed by atoms with van der Waals surface area (Å²) in [7, 11) is -3.61. The lowest BCUT2D eigenvalue weighted by molar-refractivity contribution is -0.679. The molecule has 8 heteroatoms. The second-order valence-corrected chi connectivity index (χ2v) is 5.47. The van der Waals surface area contributed by atoms with E-state index in [0.29, 0.717) is 5.69 Å². The van der Waals surface area contributed by atoms with Gasteiger partial charge in [0.15, 0.2) is 11.9 Å². The van der Waals surface area contributed by atoms with Crippen molar-refractivity contribution in [1.29, 1.82) is 0 Å². The highest BCUT2D eigenvalue weighted by atomic mass is 31.2. The second kappa shape index (κ2) is 4.54. The summed E-state index contributed by atoms with van der Waals surface area (Å²) in [5.74, 6) is -1.95. The summed E-state index contributed by atoms with van der Waals surface area (Å²) in [4.78, 5) is 28.7. The highest BCUT2D eigenvalue weighted by Gasteiger charge is 2.54. The predicted molar refractivity (Wildman–Crippen MR) is 56.0 cm³/mol. The number of hydrogen-bond acceptors (Lipinski definition) is 3. The number of aryl methyl sites for hydroxylation is 1. The number of aliphatic hydroxyl groups is 1. The zero-order valence-electron chi connectivity index (χ0n) is 9.02. The SMILES string of the molecule is C[n+]1ccccc1CC(O)(C(=O)O)P(=O)(O)O. The van der Waals surface area contributed by atoms with Gasteiger partial charge in [-0.2, -0.15) is 0 Å². The van der Waals surface area contributed by atoms with Crippen LogP contribution >= 0.6 is 7.60 Å². The lowest BCUT2D eigenvalue weighted by Gasteiger charge is -2.22. The minimum absolute atomic E-state index is 0.292. The van der Waals surface area contributed by atoms with E-state index in [0.717, 1.165) is 0 Å². The minimum atomic E-state index is -5.19. The molecular weight excluding hydrogens is 249 g/mol. The zero-order chi connectivity index (χ0) is 13.3. The molecule has 0 aromatic carbocycles. The van der Waals surface area contributed by atoms with Crippen LogP contribution in [0.15, 0.2) is 24.4 Å². The Morgan fingerprint density at radius 1 is 1.47 bits per heavy atom. The van der Waals surface area contributed by atoms with Gasteiger partial charge in [0.25, 0.3) is 5.34 Å². The van der Waals surface area contributed by atoms with Gasteiger partial charge in [0.05, 0.1) is 6.42 Å². The van der Waals surface area contributed by atoms with E-state index in [4.69, 9.17) is 14.9 Å². The fourth-order valence-corrected chi connectivity index (χ4v) is 1.92. The third-order valence-electron chi connectivity index (χ3n) is 2.41. The molecular formula is C9H13NO6P+. The van der Waals surface area contributed by atoms with Crippen LogP contribution in [0.5, 0.6) is 0 Å². The molecule has 1 aromatic rings. The van der Waals surface area contributed by atoms with E-state index in [1.807, 2.05) is 0 Å². The topological polar surface area (TPSA) is 119 Å². The number of carboxylic acid groups (broad SMARTS) is 1. The molecule has 0 radical (unpaired) electrons. The maximum Gasteiger partial charge on any atom is 0.369 e. The summed E-state index contributed by atoms with van der Waals surface area (Å²) < 4.78 is 12.5. The van der Waals surface area contributed by atoms with E-state index < -0.39 is 25.3 Å². The summed E-state index contributed by atoms with van der Waals surface area (Å²) in [5, 5.41) is 15.3. The van der Waals surface area contributed by atoms with Gasteiger partial charge in [-0.3, -0.25) is 4.57 Å². The van der Waals surface area contributed by atoms with Crippen molar-refractivity contribution in [3.8, 4) is 0 Å². The van der Waals surface area contributed by atoms with E-state index in [-0.39, 0.29) is 0 Å². The van der Waals surface area contributed by atoms with Crippen LogP contribution in [0, 0.1) is 0 Å². The molecule has 1 atom stereocenters. The molecule has 0 amide bonds. The molecule has 17 heavy (non-hydrogen) atoms. The summed E-state index contributed by atoms with van der Waals surface area (Å²) in [6, 6.07) is 4.72. The largest absolute Gasteiger partial charge is 0.479 e. The van der Waals surface area contributed by atoms with Crippen LogP contribution in [0.1, 0.15) is 5.69 Å². The van der Waals surface area contributed by atoms with Gasteiger partial charge >= 0.3 is 13.6 Å². The van der Waals surface area contributed by atoms with Crippen molar-refractivity contribution < 1.29 is 33.9 Å². The quantitative estimate of drug-likeness (QED) is 0.408. The minimum Gasteiger partial charge on any atom is -0.479 e. The van der Waals surface area contributed by atoms with Crippen molar-refractivity contribution in [3.63, 3.8) is 0 Å². The van der Waals surface area contributed by atoms with Crippen molar-refractivity contribution in [2.45, 2.75) is 11.8 Å². The van der Waals surface area contributed by atoms with Crippen LogP contribution in [0.3, 0.4) is 0 Å². The van der Waals surface area contributed by atoms with Crippen LogP contribution in [-0.4, -0.2) is 31.3 Å². The predicted octanol–water partition coefficient (Wildman–Crippen LogP) is -0.996. The molecule has 1 rings (SSSR count). The Morgan fingerprint density at radius 2 is 2.06 bits per heavy atom. The third-order valence-corrected chi connectivity index (χ3v) is 3.73. The Balaban J connectivity index is 3.18. The molecule has 0 aliphatic rings. The van der Waals surface area contributed by atoms with Gasteiger partial charge in [0, 0.05) is 12.1 Å². The van der Waals surface area contributed by atoms with Gasteiger partial charge in [-0.15, -0.1) is 0 Å². The molecule has 0 saturated heterocycles. The van der Waals surface area contributed by atoms with Crippen LogP contribution in [-0.2, 0) is 22.8 Å². The number of pyridine rings is 1. The Hall–Kier alpha value is -1.27. The van der Waals surface area contributed by atoms with E-state index in [9.17, 15) is 14.5 Å². The van der Waals surface area contributed by atoms with Crippen molar-refractivity contribution in [3.05, 3.63) is 30.1 Å². The maximum absolute atomic E-state index is 11.1. The molecule has 0 aliphatic heterocycles. The number of aromatic nitrogens is 1. The molecule has 4 N–H and O–H groups in total. The molecule has 7 nitrogen and oxygen atoms in total. The Bertz CT molecular complexity index is 484. The summed E-state index contributed by atoms with van der Waals surface area (Å²) >= 11 is 0. The molecule has 0 fully saturated rings. The smallest absolute Gasteiger partial charge is 0.369 e. The first-order valence-electron chi connectivity index (χ1n) is 4.63. The summed E-state index contributed by atoms with van der Waals surface area (Å²) in [6.07, 6.45) is 0.904. The van der Waals surface area contributed by atoms with Crippen LogP contribution < -0.4 is 4.57 Å². The Morgan fingerprint density at radius 3 is 2.47 bits per heavy atom. The van der Waals surface area contributed by atoms with Crippen LogP contribution in [0.4, 0.5) is 0 Å². The average Bonchev–Trinajstić information content (AvgIpc) is 2.19. The summed E-state index contributed by atoms with van der Waals surface area (Å²) in [6.45, 7) is 0. The number of rotatable bonds is 4. The van der Waals surface area contributed by atoms with Crippen molar-refractivity contribution in [2.75, 3.05) is 0 Å². The zero-order valence-corrected chi connectivity index (χ0v) is 9.91. The average molecular weight is 262 g/mol. The monoisotopic (exact) mass is 262 g/mol. The van der Waals surface area contributed by atoms with Gasteiger partial charge in [0.2, 0.25) is 0 Å². The molecule has 0 aliphatic carbocycles. The number of nitrogens with zero attached hydrogens (tertiary/aromatic N) is 1. The Labute approximate surface area is 97.1 Å². The summed E-state index contributed by atoms with van der Waals surface area (Å²) in [5.41, 5.74) is 0.292. The van der Waals surface area contributed by atoms with E-state index in [2.05, 4.69) is 0 Å². The van der Waals surface area contributed by atoms with E-state index in [1.54, 1.807) is 25.4 Å². The Kier molecular flexibility index (Phi) is 3.68. The van der Waals surface area contributed by atoms with Gasteiger partial charge in [-0.05, 0) is 0 Å². The van der Waals surface area contributed by atoms with E-state index in [1.165, 1.54) is 10.6 Å². The van der Waals surface area contributed by atoms with Crippen LogP contribution in [0.2, 0.25) is 0 Å². The molecule has 94 valence electrons. The number of carboxylic acids is 1. The maximum atomic E-state index is 11.1. The molecule has 0 saturated carbocycles. The first kappa shape index (κ1) is 13.8. The number of aliphatic carboxylic acids is 1. The van der Waals surface area contributed by atoms with Gasteiger partial charge in [-0.25, -0.2) is 9.36 Å². The highest BCUT2D eigenvalue weighted by Crippen LogP contribution is 2.50. The first-order valence-corrected chi connectivity index (χ1v) is 6.24. The normalized spacial score (nSPS) is 15.3. The number of carbonyl (C=O) groups is 1. The standard InChI is InChI=1S/C9H12NO6P/c1-10-5-3-2-4-7(10)6-9(13,8(11)12)17(14,15)16/h2-5,13H,6H2,1H3,(H2-,11,12,14,15,16)/p+1. The van der Waals surface area contributed by atoms with Gasteiger partial charge in [-0.1, -0.05) is 6.07 Å². The molecule has 0 bridgehead atoms. The van der Waals surface area contributed by atoms with Crippen molar-refractivity contribution in [2.24, 2.45) is 7.05 Å². The third kappa shape index (κ3) is 2.70. The first-order chi connectivity index (χ1) is 7.68. The fraction of sp³-hybridized carbons (Fsp3) is 0.333. The van der Waals surface area contributed by atoms with Crippen LogP contribution in [0.25, 0.3) is 0 Å². The molecule has 0 spiro atoms. The van der Waals surface area contributed by atoms with Gasteiger partial charge < -0.3 is 20.0 Å². The molecule has 1 unspecified atom stereocenters. The lowest BCUT2D eigenvalue weighted by atomic mass is 10.1. The molecule has 1 aromatic heterocycles. The van der Waals surface area contributed by atoms with Gasteiger partial charge in [0.1, 0.15) is 7.05 Å². The van der Waals surface area contributed by atoms with E-state index >= 15 is 0 Å². The highest BCUT2D eigenvalue weighted by molar-refractivity contribution is 7.54. The lowest BCUT2D eigenvalue weighted by Crippen LogP contribution is -2.45. The number of hydrogen-bond donors (Lipinski definition) is 4. The second-order valence-electron chi connectivity index (χ2n) is 3.65. The van der Waals surface area contributed by atoms with Crippen molar-refractivity contribution >= 4 is 13.6 Å². The van der Waals surface area contributed by atoms with Crippen molar-refractivity contribution in [1.82, 2.24) is 0 Å².